The van der Waals surface area contributed by atoms with Crippen LogP contribution in [0.15, 0.2) is 42.5 Å². The lowest BCUT2D eigenvalue weighted by Gasteiger charge is -2.33. The number of hydrogen-bond donors (Lipinski definition) is 1. The molecule has 1 N–H and O–H groups in total. The van der Waals surface area contributed by atoms with Crippen molar-refractivity contribution in [2.24, 2.45) is 0 Å². The number of ether oxygens (including phenoxy) is 1. The van der Waals surface area contributed by atoms with E-state index in [9.17, 15) is 14.0 Å². The molecule has 0 fully saturated rings. The molecule has 0 bridgehead atoms. The van der Waals surface area contributed by atoms with Gasteiger partial charge in [-0.3, -0.25) is 4.79 Å². The van der Waals surface area contributed by atoms with Crippen LogP contribution in [0.2, 0.25) is 5.02 Å². The number of esters is 1. The third-order valence-corrected chi connectivity index (χ3v) is 3.98. The Bertz CT molecular complexity index is 808. The quantitative estimate of drug-likeness (QED) is 0.854. The molecule has 1 amide bonds. The Hall–Kier alpha value is -2.40. The Kier molecular flexibility index (Phi) is 3.82. The number of amides is 1. The van der Waals surface area contributed by atoms with Crippen LogP contribution in [0, 0.1) is 5.82 Å². The highest BCUT2D eigenvalue weighted by atomic mass is 35.5. The van der Waals surface area contributed by atoms with E-state index in [4.69, 9.17) is 16.3 Å². The molecular formula is C17H13ClFNO3. The molecule has 2 aromatic carbocycles. The molecule has 4 nitrogen and oxygen atoms in total. The minimum Gasteiger partial charge on any atom is -0.445 e. The fourth-order valence-electron chi connectivity index (χ4n) is 2.50. The summed E-state index contributed by atoms with van der Waals surface area (Å²) in [5.74, 6) is -1.82. The predicted octanol–water partition coefficient (Wildman–Crippen LogP) is 3.59. The summed E-state index contributed by atoms with van der Waals surface area (Å²) < 4.78 is 19.1. The maximum atomic E-state index is 13.8. The topological polar surface area (TPSA) is 55.4 Å². The van der Waals surface area contributed by atoms with Crippen molar-refractivity contribution in [3.05, 3.63) is 64.4 Å². The first-order valence-corrected chi connectivity index (χ1v) is 7.34. The van der Waals surface area contributed by atoms with Gasteiger partial charge in [-0.2, -0.15) is 0 Å². The molecule has 118 valence electrons. The van der Waals surface area contributed by atoms with Gasteiger partial charge in [-0.1, -0.05) is 29.8 Å². The second-order valence-electron chi connectivity index (χ2n) is 5.53. The molecule has 1 heterocycles. The van der Waals surface area contributed by atoms with E-state index in [1.807, 2.05) is 0 Å². The Labute approximate surface area is 137 Å². The highest BCUT2D eigenvalue weighted by Gasteiger charge is 2.42. The number of rotatable bonds is 2. The van der Waals surface area contributed by atoms with Crippen molar-refractivity contribution in [2.75, 3.05) is 5.32 Å². The molecule has 1 aliphatic rings. The Morgan fingerprint density at radius 3 is 2.78 bits per heavy atom. The summed E-state index contributed by atoms with van der Waals surface area (Å²) in [5, 5.41) is 2.68. The summed E-state index contributed by atoms with van der Waals surface area (Å²) in [5.41, 5.74) is -0.263. The zero-order valence-corrected chi connectivity index (χ0v) is 13.0. The van der Waals surface area contributed by atoms with E-state index < -0.39 is 23.3 Å². The summed E-state index contributed by atoms with van der Waals surface area (Å²) in [6.45, 7) is 1.50. The van der Waals surface area contributed by atoms with Crippen LogP contribution < -0.4 is 5.32 Å². The average Bonchev–Trinajstić information content (AvgIpc) is 2.50. The number of carbonyl (C=O) groups excluding carboxylic acids is 2. The number of nitrogens with one attached hydrogen (secondary N) is 1. The molecule has 1 aliphatic heterocycles. The van der Waals surface area contributed by atoms with Crippen LogP contribution in [0.3, 0.4) is 0 Å². The van der Waals surface area contributed by atoms with Crippen LogP contribution in [-0.4, -0.2) is 17.5 Å². The van der Waals surface area contributed by atoms with Gasteiger partial charge in [-0.25, -0.2) is 9.18 Å². The highest BCUT2D eigenvalue weighted by Crippen LogP contribution is 2.30. The molecular weight excluding hydrogens is 321 g/mol. The zero-order valence-electron chi connectivity index (χ0n) is 12.2. The standard InChI is InChI=1S/C17H13ClFNO3/c1-17(9-10-4-2-3-5-12(10)15(21)23-17)16(22)20-14-7-6-11(18)8-13(14)19/h2-8H,9H2,1H3,(H,20,22). The van der Waals surface area contributed by atoms with E-state index in [1.165, 1.54) is 19.1 Å². The number of hydrogen-bond acceptors (Lipinski definition) is 3. The molecule has 0 saturated carbocycles. The van der Waals surface area contributed by atoms with Crippen molar-refractivity contribution in [3.63, 3.8) is 0 Å². The predicted molar refractivity (Wildman–Crippen MR) is 84.0 cm³/mol. The molecule has 0 aromatic heterocycles. The van der Waals surface area contributed by atoms with Gasteiger partial charge in [0.05, 0.1) is 11.3 Å². The number of cyclic esters (lactones) is 1. The van der Waals surface area contributed by atoms with Crippen LogP contribution in [0.1, 0.15) is 22.8 Å². The summed E-state index contributed by atoms with van der Waals surface area (Å²) in [7, 11) is 0. The Morgan fingerprint density at radius 1 is 1.30 bits per heavy atom. The molecule has 2 aromatic rings. The van der Waals surface area contributed by atoms with Gasteiger partial charge in [0.25, 0.3) is 5.91 Å². The highest BCUT2D eigenvalue weighted by molar-refractivity contribution is 6.30. The van der Waals surface area contributed by atoms with Crippen LogP contribution in [0.25, 0.3) is 0 Å². The fraction of sp³-hybridized carbons (Fsp3) is 0.176. The van der Waals surface area contributed by atoms with E-state index in [0.29, 0.717) is 5.56 Å². The number of carbonyl (C=O) groups is 2. The van der Waals surface area contributed by atoms with Gasteiger partial charge in [0, 0.05) is 11.4 Å². The van der Waals surface area contributed by atoms with Gasteiger partial charge in [-0.15, -0.1) is 0 Å². The minimum absolute atomic E-state index is 0.0180. The van der Waals surface area contributed by atoms with Crippen molar-refractivity contribution in [3.8, 4) is 0 Å². The van der Waals surface area contributed by atoms with Crippen LogP contribution in [-0.2, 0) is 16.0 Å². The van der Waals surface area contributed by atoms with E-state index in [2.05, 4.69) is 5.32 Å². The lowest BCUT2D eigenvalue weighted by Crippen LogP contribution is -2.49. The minimum atomic E-state index is -1.41. The van der Waals surface area contributed by atoms with Crippen molar-refractivity contribution < 1.29 is 18.7 Å². The van der Waals surface area contributed by atoms with E-state index in [0.717, 1.165) is 11.6 Å². The Balaban J connectivity index is 1.86. The van der Waals surface area contributed by atoms with Crippen molar-refractivity contribution in [1.82, 2.24) is 0 Å². The number of benzene rings is 2. The lowest BCUT2D eigenvalue weighted by atomic mass is 9.89. The first-order chi connectivity index (χ1) is 10.9. The second-order valence-corrected chi connectivity index (χ2v) is 5.97. The Morgan fingerprint density at radius 2 is 2.04 bits per heavy atom. The zero-order chi connectivity index (χ0) is 16.6. The maximum Gasteiger partial charge on any atom is 0.339 e. The third-order valence-electron chi connectivity index (χ3n) is 3.74. The maximum absolute atomic E-state index is 13.8. The van der Waals surface area contributed by atoms with Gasteiger partial charge in [0.2, 0.25) is 0 Å². The van der Waals surface area contributed by atoms with Gasteiger partial charge < -0.3 is 10.1 Å². The van der Waals surface area contributed by atoms with Crippen LogP contribution in [0.5, 0.6) is 0 Å². The molecule has 0 aliphatic carbocycles. The van der Waals surface area contributed by atoms with E-state index in [-0.39, 0.29) is 17.1 Å². The molecule has 0 radical (unpaired) electrons. The number of fused-ring (bicyclic) bond motifs is 1. The monoisotopic (exact) mass is 333 g/mol. The summed E-state index contributed by atoms with van der Waals surface area (Å²) in [6.07, 6.45) is 0.218. The first-order valence-electron chi connectivity index (χ1n) is 6.97. The van der Waals surface area contributed by atoms with Gasteiger partial charge in [0.15, 0.2) is 5.60 Å². The van der Waals surface area contributed by atoms with Gasteiger partial charge in [0.1, 0.15) is 5.82 Å². The van der Waals surface area contributed by atoms with E-state index >= 15 is 0 Å². The molecule has 1 unspecified atom stereocenters. The number of halogens is 2. The van der Waals surface area contributed by atoms with Crippen LogP contribution >= 0.6 is 11.6 Å². The molecule has 6 heteroatoms. The molecule has 23 heavy (non-hydrogen) atoms. The van der Waals surface area contributed by atoms with Crippen molar-refractivity contribution in [1.29, 1.82) is 0 Å². The second kappa shape index (κ2) is 5.66. The lowest BCUT2D eigenvalue weighted by molar-refractivity contribution is -0.134. The normalized spacial score (nSPS) is 19.7. The van der Waals surface area contributed by atoms with Gasteiger partial charge >= 0.3 is 5.97 Å². The first kappa shape index (κ1) is 15.5. The fourth-order valence-corrected chi connectivity index (χ4v) is 2.66. The van der Waals surface area contributed by atoms with E-state index in [1.54, 1.807) is 24.3 Å². The van der Waals surface area contributed by atoms with Crippen molar-refractivity contribution >= 4 is 29.2 Å². The van der Waals surface area contributed by atoms with Crippen LogP contribution in [0.4, 0.5) is 10.1 Å². The third kappa shape index (κ3) is 2.92. The largest absolute Gasteiger partial charge is 0.445 e. The number of anilines is 1. The van der Waals surface area contributed by atoms with Crippen molar-refractivity contribution in [2.45, 2.75) is 18.9 Å². The molecule has 0 saturated heterocycles. The molecule has 0 spiro atoms. The van der Waals surface area contributed by atoms with Gasteiger partial charge in [-0.05, 0) is 36.8 Å². The summed E-state index contributed by atoms with van der Waals surface area (Å²) >= 11 is 5.68. The average molecular weight is 334 g/mol. The SMILES string of the molecule is CC1(C(=O)Nc2ccc(Cl)cc2F)Cc2ccccc2C(=O)O1. The smallest absolute Gasteiger partial charge is 0.339 e. The summed E-state index contributed by atoms with van der Waals surface area (Å²) in [4.78, 5) is 24.6. The molecule has 1 atom stereocenters. The summed E-state index contributed by atoms with van der Waals surface area (Å²) in [6, 6.07) is 10.8. The molecule has 3 rings (SSSR count).